The third kappa shape index (κ3) is 1.72. The van der Waals surface area contributed by atoms with Gasteiger partial charge in [0.1, 0.15) is 5.82 Å². The third-order valence-electron chi connectivity index (χ3n) is 3.16. The third-order valence-corrected chi connectivity index (χ3v) is 3.16. The maximum absolute atomic E-state index is 6.08. The summed E-state index contributed by atoms with van der Waals surface area (Å²) < 4.78 is 0. The van der Waals surface area contributed by atoms with E-state index < -0.39 is 0 Å². The quantitative estimate of drug-likeness (QED) is 0.695. The Bertz CT molecular complexity index is 703. The van der Waals surface area contributed by atoms with E-state index in [0.29, 0.717) is 5.82 Å². The molecule has 2 N–H and O–H groups in total. The molecule has 0 aliphatic rings. The first kappa shape index (κ1) is 10.8. The second-order valence-electron chi connectivity index (χ2n) is 4.43. The normalized spacial score (nSPS) is 10.7. The first-order valence-electron chi connectivity index (χ1n) is 5.97. The van der Waals surface area contributed by atoms with Crippen LogP contribution in [0.5, 0.6) is 0 Å². The van der Waals surface area contributed by atoms with Crippen LogP contribution in [-0.4, -0.2) is 4.98 Å². The van der Waals surface area contributed by atoms with Gasteiger partial charge in [0, 0.05) is 10.9 Å². The lowest BCUT2D eigenvalue weighted by Gasteiger charge is -2.08. The van der Waals surface area contributed by atoms with Gasteiger partial charge in [0.2, 0.25) is 0 Å². The van der Waals surface area contributed by atoms with E-state index in [1.54, 1.807) is 0 Å². The van der Waals surface area contributed by atoms with Crippen molar-refractivity contribution in [1.29, 1.82) is 0 Å². The van der Waals surface area contributed by atoms with Crippen molar-refractivity contribution in [2.75, 3.05) is 5.73 Å². The Hall–Kier alpha value is -2.35. The Morgan fingerprint density at radius 1 is 0.944 bits per heavy atom. The number of nitrogens with two attached hydrogens (primary N) is 1. The molecular formula is C16H14N2. The summed E-state index contributed by atoms with van der Waals surface area (Å²) in [6, 6.07) is 18.4. The standard InChI is InChI=1S/C16H14N2/c1-11-6-5-9-13-10-14(18-16(17)15(11)13)12-7-3-2-4-8-12/h2-10H,1H3,(H2,17,18). The number of aryl methyl sites for hydroxylation is 1. The first-order chi connectivity index (χ1) is 8.75. The number of fused-ring (bicyclic) bond motifs is 1. The molecule has 0 bridgehead atoms. The lowest BCUT2D eigenvalue weighted by atomic mass is 10.0. The van der Waals surface area contributed by atoms with Gasteiger partial charge in [-0.25, -0.2) is 4.98 Å². The van der Waals surface area contributed by atoms with Crippen LogP contribution < -0.4 is 5.73 Å². The number of nitrogen functional groups attached to an aromatic ring is 1. The summed E-state index contributed by atoms with van der Waals surface area (Å²) in [5, 5.41) is 2.19. The van der Waals surface area contributed by atoms with Gasteiger partial charge in [-0.3, -0.25) is 0 Å². The molecule has 0 unspecified atom stereocenters. The first-order valence-corrected chi connectivity index (χ1v) is 5.97. The zero-order valence-electron chi connectivity index (χ0n) is 10.2. The Morgan fingerprint density at radius 3 is 2.50 bits per heavy atom. The predicted octanol–water partition coefficient (Wildman–Crippen LogP) is 3.79. The van der Waals surface area contributed by atoms with Gasteiger partial charge < -0.3 is 5.73 Å². The van der Waals surface area contributed by atoms with Crippen molar-refractivity contribution in [3.05, 3.63) is 60.2 Å². The van der Waals surface area contributed by atoms with Gasteiger partial charge >= 0.3 is 0 Å². The van der Waals surface area contributed by atoms with Crippen molar-refractivity contribution in [3.63, 3.8) is 0 Å². The number of pyridine rings is 1. The minimum Gasteiger partial charge on any atom is -0.383 e. The Balaban J connectivity index is 2.29. The maximum atomic E-state index is 6.08. The van der Waals surface area contributed by atoms with Crippen molar-refractivity contribution in [2.24, 2.45) is 0 Å². The Kier molecular flexibility index (Phi) is 2.49. The van der Waals surface area contributed by atoms with Gasteiger partial charge in [-0.1, -0.05) is 48.5 Å². The highest BCUT2D eigenvalue weighted by molar-refractivity contribution is 5.96. The van der Waals surface area contributed by atoms with E-state index >= 15 is 0 Å². The molecule has 3 rings (SSSR count). The molecule has 3 aromatic rings. The van der Waals surface area contributed by atoms with Crippen LogP contribution >= 0.6 is 0 Å². The summed E-state index contributed by atoms with van der Waals surface area (Å²) in [6.07, 6.45) is 0. The van der Waals surface area contributed by atoms with Gasteiger partial charge in [0.25, 0.3) is 0 Å². The summed E-state index contributed by atoms with van der Waals surface area (Å²) in [7, 11) is 0. The van der Waals surface area contributed by atoms with E-state index in [1.165, 1.54) is 0 Å². The highest BCUT2D eigenvalue weighted by Gasteiger charge is 2.06. The molecule has 0 radical (unpaired) electrons. The number of benzene rings is 2. The number of rotatable bonds is 1. The number of anilines is 1. The molecule has 2 heteroatoms. The number of hydrogen-bond acceptors (Lipinski definition) is 2. The molecule has 0 saturated heterocycles. The summed E-state index contributed by atoms with van der Waals surface area (Å²) >= 11 is 0. The van der Waals surface area contributed by atoms with Gasteiger partial charge in [-0.05, 0) is 23.9 Å². The number of aromatic nitrogens is 1. The maximum Gasteiger partial charge on any atom is 0.132 e. The van der Waals surface area contributed by atoms with Crippen molar-refractivity contribution >= 4 is 16.6 Å². The van der Waals surface area contributed by atoms with Gasteiger partial charge in [-0.2, -0.15) is 0 Å². The topological polar surface area (TPSA) is 38.9 Å². The molecule has 1 aromatic heterocycles. The molecule has 0 saturated carbocycles. The highest BCUT2D eigenvalue weighted by atomic mass is 14.8. The molecule has 0 fully saturated rings. The number of hydrogen-bond donors (Lipinski definition) is 1. The Labute approximate surface area is 106 Å². The summed E-state index contributed by atoms with van der Waals surface area (Å²) in [4.78, 5) is 4.51. The van der Waals surface area contributed by atoms with Crippen LogP contribution in [0.25, 0.3) is 22.0 Å². The fraction of sp³-hybridized carbons (Fsp3) is 0.0625. The molecule has 0 aliphatic carbocycles. The predicted molar refractivity (Wildman–Crippen MR) is 76.3 cm³/mol. The summed E-state index contributed by atoms with van der Waals surface area (Å²) in [6.45, 7) is 2.06. The molecule has 2 aromatic carbocycles. The average molecular weight is 234 g/mol. The van der Waals surface area contributed by atoms with Crippen LogP contribution in [0, 0.1) is 6.92 Å². The van der Waals surface area contributed by atoms with E-state index in [9.17, 15) is 0 Å². The van der Waals surface area contributed by atoms with Gasteiger partial charge in [0.05, 0.1) is 5.69 Å². The second kappa shape index (κ2) is 4.15. The molecule has 0 aliphatic heterocycles. The van der Waals surface area contributed by atoms with Crippen LogP contribution in [0.3, 0.4) is 0 Å². The minimum atomic E-state index is 0.601. The fourth-order valence-electron chi connectivity index (χ4n) is 2.28. The van der Waals surface area contributed by atoms with Gasteiger partial charge in [-0.15, -0.1) is 0 Å². The van der Waals surface area contributed by atoms with Crippen LogP contribution in [-0.2, 0) is 0 Å². The molecule has 2 nitrogen and oxygen atoms in total. The Morgan fingerprint density at radius 2 is 1.72 bits per heavy atom. The van der Waals surface area contributed by atoms with Crippen LogP contribution in [0.15, 0.2) is 54.6 Å². The zero-order valence-corrected chi connectivity index (χ0v) is 10.2. The van der Waals surface area contributed by atoms with Crippen LogP contribution in [0.4, 0.5) is 5.82 Å². The van der Waals surface area contributed by atoms with E-state index in [1.807, 2.05) is 36.4 Å². The smallest absolute Gasteiger partial charge is 0.132 e. The molecule has 0 amide bonds. The van der Waals surface area contributed by atoms with E-state index in [4.69, 9.17) is 5.73 Å². The second-order valence-corrected chi connectivity index (χ2v) is 4.43. The van der Waals surface area contributed by atoms with Crippen molar-refractivity contribution < 1.29 is 0 Å². The summed E-state index contributed by atoms with van der Waals surface area (Å²) in [5.74, 6) is 0.601. The summed E-state index contributed by atoms with van der Waals surface area (Å²) in [5.41, 5.74) is 9.26. The SMILES string of the molecule is Cc1cccc2cc(-c3ccccc3)nc(N)c12. The van der Waals surface area contributed by atoms with Crippen LogP contribution in [0.1, 0.15) is 5.56 Å². The fourth-order valence-corrected chi connectivity index (χ4v) is 2.28. The van der Waals surface area contributed by atoms with E-state index in [0.717, 1.165) is 27.6 Å². The highest BCUT2D eigenvalue weighted by Crippen LogP contribution is 2.28. The molecule has 18 heavy (non-hydrogen) atoms. The van der Waals surface area contributed by atoms with Gasteiger partial charge in [0.15, 0.2) is 0 Å². The monoisotopic (exact) mass is 234 g/mol. The van der Waals surface area contributed by atoms with Crippen molar-refractivity contribution in [3.8, 4) is 11.3 Å². The zero-order chi connectivity index (χ0) is 12.5. The van der Waals surface area contributed by atoms with Crippen LogP contribution in [0.2, 0.25) is 0 Å². The molecule has 0 spiro atoms. The number of nitrogens with zero attached hydrogens (tertiary/aromatic N) is 1. The lowest BCUT2D eigenvalue weighted by Crippen LogP contribution is -1.95. The minimum absolute atomic E-state index is 0.601. The molecule has 1 heterocycles. The van der Waals surface area contributed by atoms with E-state index in [-0.39, 0.29) is 0 Å². The molecular weight excluding hydrogens is 220 g/mol. The van der Waals surface area contributed by atoms with Crippen molar-refractivity contribution in [1.82, 2.24) is 4.98 Å². The molecule has 88 valence electrons. The lowest BCUT2D eigenvalue weighted by molar-refractivity contribution is 1.35. The van der Waals surface area contributed by atoms with E-state index in [2.05, 4.69) is 30.1 Å². The molecule has 0 atom stereocenters. The van der Waals surface area contributed by atoms with Crippen molar-refractivity contribution in [2.45, 2.75) is 6.92 Å². The average Bonchev–Trinajstić information content (AvgIpc) is 2.39. The largest absolute Gasteiger partial charge is 0.383 e.